The molecule has 1 atom stereocenters. The Morgan fingerprint density at radius 1 is 1.47 bits per heavy atom. The normalized spacial score (nSPS) is 22.5. The summed E-state index contributed by atoms with van der Waals surface area (Å²) in [5.41, 5.74) is 6.10. The Morgan fingerprint density at radius 2 is 2.24 bits per heavy atom. The monoisotopic (exact) mass is 272 g/mol. The van der Waals surface area contributed by atoms with E-state index in [1.807, 2.05) is 6.92 Å². The topological polar surface area (TPSA) is 63.4 Å². The van der Waals surface area contributed by atoms with Crippen LogP contribution in [-0.4, -0.2) is 36.8 Å². The van der Waals surface area contributed by atoms with Gasteiger partial charge in [-0.1, -0.05) is 13.0 Å². The average Bonchev–Trinajstić information content (AvgIpc) is 2.29. The molecule has 94 valence electrons. The minimum absolute atomic E-state index is 0.289. The van der Waals surface area contributed by atoms with Crippen molar-refractivity contribution in [1.82, 2.24) is 4.31 Å². The smallest absolute Gasteiger partial charge is 0.243 e. The second-order valence-electron chi connectivity index (χ2n) is 4.12. The Balaban J connectivity index is 2.29. The van der Waals surface area contributed by atoms with Gasteiger partial charge in [0.15, 0.2) is 0 Å². The van der Waals surface area contributed by atoms with Crippen molar-refractivity contribution in [3.63, 3.8) is 0 Å². The zero-order valence-electron chi connectivity index (χ0n) is 9.67. The van der Waals surface area contributed by atoms with Gasteiger partial charge in [0.05, 0.1) is 4.90 Å². The Hall–Kier alpha value is -0.720. The Morgan fingerprint density at radius 3 is 2.88 bits per heavy atom. The number of rotatable bonds is 2. The molecule has 0 radical (unpaired) electrons. The van der Waals surface area contributed by atoms with E-state index in [9.17, 15) is 8.42 Å². The lowest BCUT2D eigenvalue weighted by atomic mass is 10.3. The number of anilines is 1. The molecular weight excluding hydrogens is 256 g/mol. The lowest BCUT2D eigenvalue weighted by molar-refractivity contribution is 0.424. The Kier molecular flexibility index (Phi) is 3.65. The molecule has 0 spiro atoms. The number of hydrogen-bond donors (Lipinski definition) is 1. The van der Waals surface area contributed by atoms with Crippen LogP contribution in [0.3, 0.4) is 0 Å². The van der Waals surface area contributed by atoms with E-state index in [2.05, 4.69) is 0 Å². The van der Waals surface area contributed by atoms with E-state index in [0.29, 0.717) is 24.0 Å². The Bertz CT molecular complexity index is 502. The van der Waals surface area contributed by atoms with Gasteiger partial charge in [0, 0.05) is 29.8 Å². The number of sulfonamides is 1. The van der Waals surface area contributed by atoms with Crippen molar-refractivity contribution in [3.8, 4) is 0 Å². The highest BCUT2D eigenvalue weighted by Crippen LogP contribution is 2.24. The molecule has 0 amide bonds. The van der Waals surface area contributed by atoms with Crippen LogP contribution in [0.4, 0.5) is 5.69 Å². The van der Waals surface area contributed by atoms with Gasteiger partial charge >= 0.3 is 0 Å². The van der Waals surface area contributed by atoms with Crippen LogP contribution in [-0.2, 0) is 10.0 Å². The van der Waals surface area contributed by atoms with Crippen LogP contribution < -0.4 is 5.73 Å². The molecule has 1 aromatic carbocycles. The molecule has 1 saturated heterocycles. The van der Waals surface area contributed by atoms with E-state index in [1.54, 1.807) is 34.3 Å². The minimum atomic E-state index is -3.38. The minimum Gasteiger partial charge on any atom is -0.399 e. The van der Waals surface area contributed by atoms with Crippen molar-refractivity contribution in [2.24, 2.45) is 0 Å². The number of thioether (sulfide) groups is 1. The van der Waals surface area contributed by atoms with Gasteiger partial charge in [-0.25, -0.2) is 8.42 Å². The molecule has 0 bridgehead atoms. The SMILES string of the molecule is CC1CN(S(=O)(=O)c2cccc(N)c2)CCS1. The van der Waals surface area contributed by atoms with Crippen molar-refractivity contribution in [3.05, 3.63) is 24.3 Å². The molecule has 17 heavy (non-hydrogen) atoms. The Labute approximate surface area is 106 Å². The zero-order valence-corrected chi connectivity index (χ0v) is 11.3. The highest BCUT2D eigenvalue weighted by molar-refractivity contribution is 8.00. The predicted molar refractivity (Wildman–Crippen MR) is 71.5 cm³/mol. The molecule has 4 nitrogen and oxygen atoms in total. The summed E-state index contributed by atoms with van der Waals surface area (Å²) >= 11 is 1.81. The molecule has 1 aliphatic rings. The highest BCUT2D eigenvalue weighted by atomic mass is 32.2. The van der Waals surface area contributed by atoms with Crippen molar-refractivity contribution in [1.29, 1.82) is 0 Å². The van der Waals surface area contributed by atoms with Crippen LogP contribution in [0.2, 0.25) is 0 Å². The molecule has 2 N–H and O–H groups in total. The van der Waals surface area contributed by atoms with E-state index in [4.69, 9.17) is 5.73 Å². The second kappa shape index (κ2) is 4.88. The first kappa shape index (κ1) is 12.7. The third kappa shape index (κ3) is 2.75. The third-order valence-electron chi connectivity index (χ3n) is 2.70. The maximum Gasteiger partial charge on any atom is 0.243 e. The molecule has 0 saturated carbocycles. The van der Waals surface area contributed by atoms with E-state index >= 15 is 0 Å². The van der Waals surface area contributed by atoms with Crippen LogP contribution in [0.25, 0.3) is 0 Å². The van der Waals surface area contributed by atoms with Gasteiger partial charge in [0.25, 0.3) is 0 Å². The zero-order chi connectivity index (χ0) is 12.5. The molecule has 1 aliphatic heterocycles. The third-order valence-corrected chi connectivity index (χ3v) is 5.70. The van der Waals surface area contributed by atoms with Gasteiger partial charge < -0.3 is 5.73 Å². The molecule has 1 aromatic rings. The second-order valence-corrected chi connectivity index (χ2v) is 7.60. The first-order valence-electron chi connectivity index (χ1n) is 5.47. The van der Waals surface area contributed by atoms with Crippen molar-refractivity contribution in [2.45, 2.75) is 17.1 Å². The number of hydrogen-bond acceptors (Lipinski definition) is 4. The van der Waals surface area contributed by atoms with Crippen LogP contribution in [0.1, 0.15) is 6.92 Å². The average molecular weight is 272 g/mol. The van der Waals surface area contributed by atoms with Crippen LogP contribution in [0, 0.1) is 0 Å². The van der Waals surface area contributed by atoms with Crippen LogP contribution in [0.15, 0.2) is 29.2 Å². The molecular formula is C11H16N2O2S2. The summed E-state index contributed by atoms with van der Waals surface area (Å²) in [6.07, 6.45) is 0. The molecule has 0 aliphatic carbocycles. The number of nitrogens with two attached hydrogens (primary N) is 1. The molecule has 1 unspecified atom stereocenters. The van der Waals surface area contributed by atoms with E-state index in [0.717, 1.165) is 5.75 Å². The standard InChI is InChI=1S/C11H16N2O2S2/c1-9-8-13(5-6-16-9)17(14,15)11-4-2-3-10(12)7-11/h2-4,7,9H,5-6,8,12H2,1H3. The molecule has 6 heteroatoms. The summed E-state index contributed by atoms with van der Waals surface area (Å²) in [4.78, 5) is 0.289. The van der Waals surface area contributed by atoms with Gasteiger partial charge in [-0.05, 0) is 18.2 Å². The predicted octanol–water partition coefficient (Wildman–Crippen LogP) is 1.39. The maximum atomic E-state index is 12.3. The fraction of sp³-hybridized carbons (Fsp3) is 0.455. The van der Waals surface area contributed by atoms with Crippen molar-refractivity contribution < 1.29 is 8.42 Å². The van der Waals surface area contributed by atoms with E-state index < -0.39 is 10.0 Å². The molecule has 2 rings (SSSR count). The lowest BCUT2D eigenvalue weighted by Crippen LogP contribution is -2.40. The van der Waals surface area contributed by atoms with Crippen molar-refractivity contribution in [2.75, 3.05) is 24.6 Å². The lowest BCUT2D eigenvalue weighted by Gasteiger charge is -2.29. The summed E-state index contributed by atoms with van der Waals surface area (Å²) in [6.45, 7) is 3.19. The number of nitrogen functional groups attached to an aromatic ring is 1. The van der Waals surface area contributed by atoms with Crippen molar-refractivity contribution >= 4 is 27.5 Å². The molecule has 1 heterocycles. The molecule has 1 fully saturated rings. The largest absolute Gasteiger partial charge is 0.399 e. The summed E-state index contributed by atoms with van der Waals surface area (Å²) in [5, 5.41) is 0.347. The van der Waals surface area contributed by atoms with E-state index in [-0.39, 0.29) is 4.90 Å². The van der Waals surface area contributed by atoms with Gasteiger partial charge in [-0.15, -0.1) is 0 Å². The van der Waals surface area contributed by atoms with Crippen LogP contribution >= 0.6 is 11.8 Å². The van der Waals surface area contributed by atoms with Gasteiger partial charge in [0.2, 0.25) is 10.0 Å². The summed E-state index contributed by atoms with van der Waals surface area (Å²) in [6, 6.07) is 6.47. The number of nitrogens with zero attached hydrogens (tertiary/aromatic N) is 1. The van der Waals surface area contributed by atoms with Crippen LogP contribution in [0.5, 0.6) is 0 Å². The summed E-state index contributed by atoms with van der Waals surface area (Å²) in [7, 11) is -3.38. The fourth-order valence-corrected chi connectivity index (χ4v) is 4.64. The summed E-state index contributed by atoms with van der Waals surface area (Å²) in [5.74, 6) is 0.850. The van der Waals surface area contributed by atoms with Gasteiger partial charge in [-0.2, -0.15) is 16.1 Å². The fourth-order valence-electron chi connectivity index (χ4n) is 1.83. The van der Waals surface area contributed by atoms with E-state index in [1.165, 1.54) is 6.07 Å². The summed E-state index contributed by atoms with van der Waals surface area (Å²) < 4.78 is 26.2. The highest BCUT2D eigenvalue weighted by Gasteiger charge is 2.28. The molecule has 0 aromatic heterocycles. The first-order valence-corrected chi connectivity index (χ1v) is 7.96. The first-order chi connectivity index (χ1) is 8.00. The maximum absolute atomic E-state index is 12.3. The quantitative estimate of drug-likeness (QED) is 0.827. The van der Waals surface area contributed by atoms with Gasteiger partial charge in [-0.3, -0.25) is 0 Å². The van der Waals surface area contributed by atoms with Gasteiger partial charge in [0.1, 0.15) is 0 Å². The number of benzene rings is 1.